The van der Waals surface area contributed by atoms with Gasteiger partial charge in [0.05, 0.1) is 0 Å². The molecule has 0 radical (unpaired) electrons. The van der Waals surface area contributed by atoms with Crippen LogP contribution in [0.3, 0.4) is 0 Å². The summed E-state index contributed by atoms with van der Waals surface area (Å²) in [6, 6.07) is 0.750. The molecule has 2 rings (SSSR count). The zero-order chi connectivity index (χ0) is 13.2. The van der Waals surface area contributed by atoms with Crippen molar-refractivity contribution < 1.29 is 0 Å². The Labute approximate surface area is 118 Å². The van der Waals surface area contributed by atoms with Crippen molar-refractivity contribution in [3.05, 3.63) is 0 Å². The molecule has 2 heteroatoms. The lowest BCUT2D eigenvalue weighted by atomic mass is 9.75. The Morgan fingerprint density at radius 1 is 1.17 bits per heavy atom. The van der Waals surface area contributed by atoms with Crippen LogP contribution in [0.25, 0.3) is 0 Å². The number of hydrogen-bond donors (Lipinski definition) is 1. The third-order valence-electron chi connectivity index (χ3n) is 4.96. The van der Waals surface area contributed by atoms with Crippen molar-refractivity contribution in [1.82, 2.24) is 5.32 Å². The molecule has 0 aromatic heterocycles. The second-order valence-electron chi connectivity index (χ2n) is 7.37. The summed E-state index contributed by atoms with van der Waals surface area (Å²) in [6.45, 7) is 7.35. The van der Waals surface area contributed by atoms with E-state index in [4.69, 9.17) is 0 Å². The molecule has 0 spiro atoms. The molecule has 2 saturated carbocycles. The van der Waals surface area contributed by atoms with Crippen LogP contribution in [0.5, 0.6) is 0 Å². The molecule has 0 aromatic carbocycles. The van der Waals surface area contributed by atoms with Crippen molar-refractivity contribution >= 4 is 11.8 Å². The minimum Gasteiger partial charge on any atom is -0.316 e. The number of thioether (sulfide) groups is 1. The second kappa shape index (κ2) is 6.17. The van der Waals surface area contributed by atoms with E-state index in [9.17, 15) is 0 Å². The van der Waals surface area contributed by atoms with Crippen LogP contribution in [0.15, 0.2) is 0 Å². The third kappa shape index (κ3) is 3.90. The lowest BCUT2D eigenvalue weighted by Gasteiger charge is -2.42. The molecule has 2 aliphatic rings. The van der Waals surface area contributed by atoms with Gasteiger partial charge in [0.2, 0.25) is 0 Å². The number of nitrogens with one attached hydrogen (secondary N) is 1. The van der Waals surface area contributed by atoms with Crippen LogP contribution in [-0.2, 0) is 0 Å². The van der Waals surface area contributed by atoms with Crippen LogP contribution in [0.2, 0.25) is 0 Å². The van der Waals surface area contributed by atoms with Gasteiger partial charge in [0.1, 0.15) is 0 Å². The lowest BCUT2D eigenvalue weighted by molar-refractivity contribution is 0.218. The molecule has 0 amide bonds. The van der Waals surface area contributed by atoms with Gasteiger partial charge in [0, 0.05) is 16.5 Å². The number of rotatable bonds is 3. The first-order valence-corrected chi connectivity index (χ1v) is 8.77. The Hall–Kier alpha value is 0.310. The molecule has 0 saturated heterocycles. The van der Waals surface area contributed by atoms with Crippen molar-refractivity contribution in [3.8, 4) is 0 Å². The molecule has 2 aliphatic carbocycles. The van der Waals surface area contributed by atoms with Crippen molar-refractivity contribution in [1.29, 1.82) is 0 Å². The summed E-state index contributed by atoms with van der Waals surface area (Å²) in [7, 11) is 2.15. The zero-order valence-electron chi connectivity index (χ0n) is 12.7. The van der Waals surface area contributed by atoms with Gasteiger partial charge in [-0.25, -0.2) is 0 Å². The quantitative estimate of drug-likeness (QED) is 0.811. The largest absolute Gasteiger partial charge is 0.316 e. The van der Waals surface area contributed by atoms with Crippen LogP contribution in [0.4, 0.5) is 0 Å². The lowest BCUT2D eigenvalue weighted by Crippen LogP contribution is -2.44. The normalized spacial score (nSPS) is 40.7. The van der Waals surface area contributed by atoms with Crippen LogP contribution in [-0.4, -0.2) is 23.6 Å². The zero-order valence-corrected chi connectivity index (χ0v) is 13.5. The molecule has 106 valence electrons. The van der Waals surface area contributed by atoms with Gasteiger partial charge in [-0.1, -0.05) is 33.6 Å². The average Bonchev–Trinajstić information content (AvgIpc) is 2.28. The minimum absolute atomic E-state index is 0.561. The van der Waals surface area contributed by atoms with E-state index in [2.05, 4.69) is 44.9 Å². The first-order chi connectivity index (χ1) is 8.50. The predicted octanol–water partition coefficient (Wildman–Crippen LogP) is 4.47. The molecule has 4 unspecified atom stereocenters. The molecule has 4 atom stereocenters. The van der Waals surface area contributed by atoms with E-state index >= 15 is 0 Å². The Balaban J connectivity index is 1.91. The first-order valence-electron chi connectivity index (χ1n) is 7.83. The highest BCUT2D eigenvalue weighted by Crippen LogP contribution is 2.44. The molecule has 2 fully saturated rings. The highest BCUT2D eigenvalue weighted by molar-refractivity contribution is 8.00. The fourth-order valence-corrected chi connectivity index (χ4v) is 5.99. The highest BCUT2D eigenvalue weighted by atomic mass is 32.2. The molecular formula is C16H31NS. The van der Waals surface area contributed by atoms with Crippen LogP contribution in [0, 0.1) is 11.3 Å². The Morgan fingerprint density at radius 2 is 1.94 bits per heavy atom. The van der Waals surface area contributed by atoms with Gasteiger partial charge < -0.3 is 5.32 Å². The van der Waals surface area contributed by atoms with Crippen molar-refractivity contribution in [2.45, 2.75) is 82.3 Å². The average molecular weight is 269 g/mol. The van der Waals surface area contributed by atoms with E-state index in [1.165, 1.54) is 44.9 Å². The smallest absolute Gasteiger partial charge is 0.0208 e. The molecule has 0 aliphatic heterocycles. The van der Waals surface area contributed by atoms with E-state index in [-0.39, 0.29) is 0 Å². The summed E-state index contributed by atoms with van der Waals surface area (Å²) in [5.41, 5.74) is 0.561. The first kappa shape index (κ1) is 14.7. The van der Waals surface area contributed by atoms with E-state index in [1.54, 1.807) is 0 Å². The molecule has 1 nitrogen and oxygen atoms in total. The molecule has 0 bridgehead atoms. The van der Waals surface area contributed by atoms with Gasteiger partial charge in [-0.15, -0.1) is 0 Å². The summed E-state index contributed by atoms with van der Waals surface area (Å²) in [4.78, 5) is 0. The standard InChI is InChI=1S/C16H31NS/c1-12-6-5-7-13(10-12)18-15-11-16(2,3)9-8-14(15)17-4/h12-15,17H,5-11H2,1-4H3. The van der Waals surface area contributed by atoms with E-state index in [0.29, 0.717) is 5.41 Å². The SMILES string of the molecule is CNC1CCC(C)(C)CC1SC1CCCC(C)C1. The maximum Gasteiger partial charge on any atom is 0.0208 e. The van der Waals surface area contributed by atoms with E-state index < -0.39 is 0 Å². The topological polar surface area (TPSA) is 12.0 Å². The summed E-state index contributed by atoms with van der Waals surface area (Å²) in [5, 5.41) is 5.35. The Morgan fingerprint density at radius 3 is 2.61 bits per heavy atom. The maximum absolute atomic E-state index is 3.57. The third-order valence-corrected chi connectivity index (χ3v) is 6.62. The summed E-state index contributed by atoms with van der Waals surface area (Å²) >= 11 is 2.32. The number of hydrogen-bond acceptors (Lipinski definition) is 2. The van der Waals surface area contributed by atoms with Gasteiger partial charge in [-0.05, 0) is 50.5 Å². The minimum atomic E-state index is 0.561. The fourth-order valence-electron chi connectivity index (χ4n) is 3.74. The van der Waals surface area contributed by atoms with Gasteiger partial charge in [-0.2, -0.15) is 11.8 Å². The van der Waals surface area contributed by atoms with Gasteiger partial charge in [0.25, 0.3) is 0 Å². The maximum atomic E-state index is 3.57. The molecule has 0 aromatic rings. The van der Waals surface area contributed by atoms with E-state index in [0.717, 1.165) is 22.5 Å². The summed E-state index contributed by atoms with van der Waals surface area (Å²) < 4.78 is 0. The Kier molecular flexibility index (Phi) is 5.05. The fraction of sp³-hybridized carbons (Fsp3) is 1.00. The van der Waals surface area contributed by atoms with Gasteiger partial charge in [-0.3, -0.25) is 0 Å². The Bertz CT molecular complexity index is 264. The van der Waals surface area contributed by atoms with E-state index in [1.807, 2.05) is 0 Å². The molecular weight excluding hydrogens is 238 g/mol. The van der Waals surface area contributed by atoms with Crippen LogP contribution >= 0.6 is 11.8 Å². The molecule has 18 heavy (non-hydrogen) atoms. The monoisotopic (exact) mass is 269 g/mol. The summed E-state index contributed by atoms with van der Waals surface area (Å²) in [5.74, 6) is 0.959. The van der Waals surface area contributed by atoms with Crippen LogP contribution in [0.1, 0.15) is 65.7 Å². The van der Waals surface area contributed by atoms with Gasteiger partial charge in [0.15, 0.2) is 0 Å². The second-order valence-corrected chi connectivity index (χ2v) is 8.91. The predicted molar refractivity (Wildman–Crippen MR) is 83.3 cm³/mol. The highest BCUT2D eigenvalue weighted by Gasteiger charge is 2.36. The van der Waals surface area contributed by atoms with Crippen molar-refractivity contribution in [2.75, 3.05) is 7.05 Å². The van der Waals surface area contributed by atoms with Crippen molar-refractivity contribution in [2.24, 2.45) is 11.3 Å². The molecule has 0 heterocycles. The molecule has 1 N–H and O–H groups in total. The van der Waals surface area contributed by atoms with Crippen molar-refractivity contribution in [3.63, 3.8) is 0 Å². The summed E-state index contributed by atoms with van der Waals surface area (Å²) in [6.07, 6.45) is 9.98. The van der Waals surface area contributed by atoms with Crippen LogP contribution < -0.4 is 5.32 Å². The van der Waals surface area contributed by atoms with Gasteiger partial charge >= 0.3 is 0 Å².